The van der Waals surface area contributed by atoms with E-state index in [1.54, 1.807) is 31.2 Å². The Kier molecular flexibility index (Phi) is 8.30. The van der Waals surface area contributed by atoms with Crippen LogP contribution in [0.5, 0.6) is 0 Å². The molecule has 1 aromatic heterocycles. The number of hydrogen-bond acceptors (Lipinski definition) is 7. The minimum absolute atomic E-state index is 0.0382. The van der Waals surface area contributed by atoms with Gasteiger partial charge in [0.25, 0.3) is 5.91 Å². The molecule has 9 heteroatoms. The molecule has 35 heavy (non-hydrogen) atoms. The normalized spacial score (nSPS) is 14.3. The van der Waals surface area contributed by atoms with Crippen molar-refractivity contribution < 1.29 is 14.3 Å². The third kappa shape index (κ3) is 6.55. The van der Waals surface area contributed by atoms with Crippen LogP contribution in [0.4, 0.5) is 16.5 Å². The molecule has 1 fully saturated rings. The Bertz CT molecular complexity index is 1210. The molecule has 1 aliphatic rings. The maximum Gasteiger partial charge on any atom is 0.267 e. The molecule has 0 spiro atoms. The molecule has 0 saturated carbocycles. The number of para-hydroxylation sites is 1. The van der Waals surface area contributed by atoms with Gasteiger partial charge < -0.3 is 15.4 Å². The molecule has 2 N–H and O–H groups in total. The number of aromatic nitrogens is 1. The second-order valence-electron chi connectivity index (χ2n) is 8.20. The number of amides is 1. The van der Waals surface area contributed by atoms with Gasteiger partial charge in [-0.1, -0.05) is 41.1 Å². The first-order chi connectivity index (χ1) is 16.9. The number of ether oxygens (including phenoxy) is 1. The molecule has 2 heterocycles. The van der Waals surface area contributed by atoms with Crippen LogP contribution in [0.1, 0.15) is 31.3 Å². The number of rotatable bonds is 8. The molecule has 7 nitrogen and oxygen atoms in total. The summed E-state index contributed by atoms with van der Waals surface area (Å²) in [6.45, 7) is 7.67. The van der Waals surface area contributed by atoms with Crippen molar-refractivity contribution in [2.24, 2.45) is 0 Å². The third-order valence-corrected chi connectivity index (χ3v) is 7.01. The van der Waals surface area contributed by atoms with Gasteiger partial charge in [-0.15, -0.1) is 0 Å². The van der Waals surface area contributed by atoms with Crippen LogP contribution in [-0.2, 0) is 4.74 Å². The highest BCUT2D eigenvalue weighted by Crippen LogP contribution is 2.29. The van der Waals surface area contributed by atoms with E-state index >= 15 is 0 Å². The maximum atomic E-state index is 12.8. The minimum Gasteiger partial charge on any atom is -0.379 e. The molecule has 1 amide bonds. The summed E-state index contributed by atoms with van der Waals surface area (Å²) in [7, 11) is 0. The van der Waals surface area contributed by atoms with Gasteiger partial charge in [-0.2, -0.15) is 0 Å². The molecule has 182 valence electrons. The van der Waals surface area contributed by atoms with Crippen molar-refractivity contribution in [1.29, 1.82) is 0 Å². The zero-order valence-corrected chi connectivity index (χ0v) is 21.2. The number of hydrogen-bond donors (Lipinski definition) is 2. The first kappa shape index (κ1) is 25.1. The molecule has 0 atom stereocenters. The first-order valence-electron chi connectivity index (χ1n) is 11.3. The zero-order chi connectivity index (χ0) is 24.8. The molecule has 0 radical (unpaired) electrons. The number of benzene rings is 2. The summed E-state index contributed by atoms with van der Waals surface area (Å²) in [5.74, 6) is -0.294. The summed E-state index contributed by atoms with van der Waals surface area (Å²) in [6, 6.07) is 12.7. The number of nitrogens with zero attached hydrogens (tertiary/aromatic N) is 2. The van der Waals surface area contributed by atoms with Gasteiger partial charge in [-0.3, -0.25) is 14.5 Å². The van der Waals surface area contributed by atoms with Crippen LogP contribution in [-0.4, -0.2) is 54.4 Å². The van der Waals surface area contributed by atoms with Gasteiger partial charge in [-0.05, 0) is 55.8 Å². The van der Waals surface area contributed by atoms with Crippen molar-refractivity contribution in [3.8, 4) is 0 Å². The van der Waals surface area contributed by atoms with Gasteiger partial charge in [0.2, 0.25) is 0 Å². The Labute approximate surface area is 213 Å². The van der Waals surface area contributed by atoms with Crippen LogP contribution >= 0.6 is 22.9 Å². The van der Waals surface area contributed by atoms with Gasteiger partial charge >= 0.3 is 0 Å². The molecule has 1 saturated heterocycles. The van der Waals surface area contributed by atoms with E-state index in [1.165, 1.54) is 11.3 Å². The molecule has 0 unspecified atom stereocenters. The summed E-state index contributed by atoms with van der Waals surface area (Å²) in [6.07, 6.45) is 3.52. The fraction of sp³-hybridized carbons (Fsp3) is 0.269. The maximum absolute atomic E-state index is 12.8. The Balaban J connectivity index is 1.36. The van der Waals surface area contributed by atoms with E-state index < -0.39 is 0 Å². The number of anilines is 3. The van der Waals surface area contributed by atoms with Crippen LogP contribution < -0.4 is 10.6 Å². The molecule has 3 aromatic rings. The largest absolute Gasteiger partial charge is 0.379 e. The van der Waals surface area contributed by atoms with Crippen LogP contribution in [0, 0.1) is 13.8 Å². The molecular weight excluding hydrogens is 484 g/mol. The summed E-state index contributed by atoms with van der Waals surface area (Å²) in [4.78, 5) is 32.5. The van der Waals surface area contributed by atoms with E-state index in [2.05, 4.69) is 20.5 Å². The SMILES string of the molecule is Cc1cccc(Cl)c1NC(=O)c1sc(Nc2ccc(C(=O)/C=C/CN3CCOCC3)cc2)nc1C. The van der Waals surface area contributed by atoms with Crippen LogP contribution in [0.2, 0.25) is 5.02 Å². The van der Waals surface area contributed by atoms with E-state index in [9.17, 15) is 9.59 Å². The fourth-order valence-corrected chi connectivity index (χ4v) is 4.80. The molecular formula is C26H27ClN4O3S. The quantitative estimate of drug-likeness (QED) is 0.308. The summed E-state index contributed by atoms with van der Waals surface area (Å²) >= 11 is 7.50. The van der Waals surface area contributed by atoms with Crippen molar-refractivity contribution in [1.82, 2.24) is 9.88 Å². The molecule has 1 aliphatic heterocycles. The third-order valence-electron chi connectivity index (χ3n) is 5.62. The lowest BCUT2D eigenvalue weighted by Gasteiger charge is -2.25. The van der Waals surface area contributed by atoms with E-state index in [4.69, 9.17) is 16.3 Å². The second kappa shape index (κ2) is 11.6. The highest BCUT2D eigenvalue weighted by Gasteiger charge is 2.18. The van der Waals surface area contributed by atoms with Crippen molar-refractivity contribution in [3.05, 3.63) is 81.3 Å². The van der Waals surface area contributed by atoms with Crippen molar-refractivity contribution in [2.75, 3.05) is 43.5 Å². The first-order valence-corrected chi connectivity index (χ1v) is 12.5. The minimum atomic E-state index is -0.255. The average Bonchev–Trinajstić information content (AvgIpc) is 3.22. The molecule has 0 aliphatic carbocycles. The summed E-state index contributed by atoms with van der Waals surface area (Å²) in [5, 5.41) is 7.18. The molecule has 4 rings (SSSR count). The second-order valence-corrected chi connectivity index (χ2v) is 9.61. The number of carbonyl (C=O) groups is 2. The standard InChI is InChI=1S/C26H27ClN4O3S/c1-17-5-3-6-21(27)23(17)30-25(33)24-18(2)28-26(35-24)29-20-10-8-19(9-11-20)22(32)7-4-12-31-13-15-34-16-14-31/h3-11H,12-16H2,1-2H3,(H,28,29)(H,30,33)/b7-4+. The lowest BCUT2D eigenvalue weighted by Crippen LogP contribution is -2.36. The van der Waals surface area contributed by atoms with Gasteiger partial charge in [0.1, 0.15) is 4.88 Å². The molecule has 0 bridgehead atoms. The van der Waals surface area contributed by atoms with Gasteiger partial charge in [-0.25, -0.2) is 4.98 Å². The lowest BCUT2D eigenvalue weighted by molar-refractivity contribution is 0.0434. The van der Waals surface area contributed by atoms with Crippen molar-refractivity contribution >= 4 is 51.1 Å². The number of ketones is 1. The van der Waals surface area contributed by atoms with Crippen molar-refractivity contribution in [2.45, 2.75) is 13.8 Å². The summed E-state index contributed by atoms with van der Waals surface area (Å²) < 4.78 is 5.34. The Hall–Kier alpha value is -3.04. The number of carbonyl (C=O) groups excluding carboxylic acids is 2. The number of aryl methyl sites for hydroxylation is 2. The predicted molar refractivity (Wildman–Crippen MR) is 141 cm³/mol. The monoisotopic (exact) mass is 510 g/mol. The van der Waals surface area contributed by atoms with Gasteiger partial charge in [0.05, 0.1) is 29.6 Å². The number of allylic oxidation sites excluding steroid dienone is 1. The van der Waals surface area contributed by atoms with Gasteiger partial charge in [0, 0.05) is 30.9 Å². The van der Waals surface area contributed by atoms with E-state index in [0.717, 1.165) is 44.1 Å². The highest BCUT2D eigenvalue weighted by molar-refractivity contribution is 7.17. The average molecular weight is 511 g/mol. The van der Waals surface area contributed by atoms with Crippen LogP contribution in [0.15, 0.2) is 54.6 Å². The number of thiazole rings is 1. The van der Waals surface area contributed by atoms with Crippen LogP contribution in [0.3, 0.4) is 0 Å². The topological polar surface area (TPSA) is 83.6 Å². The Morgan fingerprint density at radius 1 is 1.14 bits per heavy atom. The number of halogens is 1. The number of nitrogens with one attached hydrogen (secondary N) is 2. The smallest absolute Gasteiger partial charge is 0.267 e. The van der Waals surface area contributed by atoms with E-state index in [-0.39, 0.29) is 11.7 Å². The summed E-state index contributed by atoms with van der Waals surface area (Å²) in [5.41, 5.74) is 3.50. The van der Waals surface area contributed by atoms with E-state index in [1.807, 2.05) is 37.3 Å². The zero-order valence-electron chi connectivity index (χ0n) is 19.6. The number of morpholine rings is 1. The van der Waals surface area contributed by atoms with Gasteiger partial charge in [0.15, 0.2) is 10.9 Å². The Morgan fingerprint density at radius 2 is 1.89 bits per heavy atom. The van der Waals surface area contributed by atoms with Crippen molar-refractivity contribution in [3.63, 3.8) is 0 Å². The Morgan fingerprint density at radius 3 is 2.60 bits per heavy atom. The van der Waals surface area contributed by atoms with E-state index in [0.29, 0.717) is 32.0 Å². The fourth-order valence-electron chi connectivity index (χ4n) is 3.65. The lowest BCUT2D eigenvalue weighted by atomic mass is 10.1. The van der Waals surface area contributed by atoms with Crippen LogP contribution in [0.25, 0.3) is 0 Å². The predicted octanol–water partition coefficient (Wildman–Crippen LogP) is 5.48. The highest BCUT2D eigenvalue weighted by atomic mass is 35.5. The molecule has 2 aromatic carbocycles.